The second-order valence-electron chi connectivity index (χ2n) is 4.32. The maximum atomic E-state index is 13.1. The Kier molecular flexibility index (Phi) is 4.49. The fraction of sp³-hybridized carbons (Fsp3) is 0.0667. The molecule has 1 heterocycles. The molecule has 6 heteroatoms. The van der Waals surface area contributed by atoms with Crippen molar-refractivity contribution in [1.29, 1.82) is 0 Å². The highest BCUT2D eigenvalue weighted by molar-refractivity contribution is 7.08. The van der Waals surface area contributed by atoms with Crippen molar-refractivity contribution >= 4 is 23.1 Å². The highest BCUT2D eigenvalue weighted by Crippen LogP contribution is 2.20. The van der Waals surface area contributed by atoms with Crippen molar-refractivity contribution in [2.75, 3.05) is 0 Å². The van der Waals surface area contributed by atoms with Gasteiger partial charge in [-0.3, -0.25) is 4.79 Å². The topological polar surface area (TPSA) is 74.6 Å². The van der Waals surface area contributed by atoms with Crippen molar-refractivity contribution in [2.45, 2.75) is 6.42 Å². The number of carbonyl (C=O) groups excluding carboxylic acids is 1. The predicted octanol–water partition coefficient (Wildman–Crippen LogP) is 3.19. The van der Waals surface area contributed by atoms with Crippen LogP contribution in [-0.2, 0) is 11.2 Å². The SMILES string of the molecule is O=C(O)/C(O)=C/C(=O)c1cscc1Cc1cccc(F)c1. The molecular formula is C15H11FO4S. The molecule has 4 nitrogen and oxygen atoms in total. The summed E-state index contributed by atoms with van der Waals surface area (Å²) in [4.78, 5) is 22.4. The normalized spacial score (nSPS) is 11.4. The van der Waals surface area contributed by atoms with E-state index in [-0.39, 0.29) is 5.82 Å². The molecule has 0 bridgehead atoms. The van der Waals surface area contributed by atoms with E-state index in [0.717, 1.165) is 0 Å². The summed E-state index contributed by atoms with van der Waals surface area (Å²) in [5.74, 6) is -3.53. The lowest BCUT2D eigenvalue weighted by atomic mass is 10.0. The highest BCUT2D eigenvalue weighted by Gasteiger charge is 2.14. The van der Waals surface area contributed by atoms with Crippen LogP contribution < -0.4 is 0 Å². The van der Waals surface area contributed by atoms with Crippen LogP contribution in [0.5, 0.6) is 0 Å². The third kappa shape index (κ3) is 3.76. The molecule has 0 unspecified atom stereocenters. The third-order valence-electron chi connectivity index (χ3n) is 2.78. The van der Waals surface area contributed by atoms with Gasteiger partial charge in [-0.1, -0.05) is 12.1 Å². The molecule has 1 aromatic heterocycles. The van der Waals surface area contributed by atoms with Gasteiger partial charge in [0.25, 0.3) is 0 Å². The monoisotopic (exact) mass is 306 g/mol. The summed E-state index contributed by atoms with van der Waals surface area (Å²) < 4.78 is 13.1. The van der Waals surface area contributed by atoms with Crippen LogP contribution in [0.3, 0.4) is 0 Å². The van der Waals surface area contributed by atoms with E-state index in [1.807, 2.05) is 0 Å². The molecular weight excluding hydrogens is 295 g/mol. The lowest BCUT2D eigenvalue weighted by Gasteiger charge is -2.02. The van der Waals surface area contributed by atoms with Crippen LogP contribution in [-0.4, -0.2) is 22.0 Å². The van der Waals surface area contributed by atoms with Gasteiger partial charge in [-0.15, -0.1) is 0 Å². The number of allylic oxidation sites excluding steroid dienone is 1. The Morgan fingerprint density at radius 1 is 1.24 bits per heavy atom. The van der Waals surface area contributed by atoms with Gasteiger partial charge < -0.3 is 10.2 Å². The van der Waals surface area contributed by atoms with Gasteiger partial charge in [-0.05, 0) is 35.1 Å². The molecule has 0 saturated heterocycles. The number of aliphatic hydroxyl groups is 1. The molecule has 1 aromatic carbocycles. The van der Waals surface area contributed by atoms with Crippen LogP contribution in [0.2, 0.25) is 0 Å². The zero-order valence-electron chi connectivity index (χ0n) is 10.7. The van der Waals surface area contributed by atoms with E-state index in [1.54, 1.807) is 22.9 Å². The van der Waals surface area contributed by atoms with Crippen LogP contribution in [0.1, 0.15) is 21.5 Å². The number of halogens is 1. The highest BCUT2D eigenvalue weighted by atomic mass is 32.1. The number of rotatable bonds is 5. The summed E-state index contributed by atoms with van der Waals surface area (Å²) in [5, 5.41) is 21.0. The maximum Gasteiger partial charge on any atom is 0.371 e. The summed E-state index contributed by atoms with van der Waals surface area (Å²) in [7, 11) is 0. The predicted molar refractivity (Wildman–Crippen MR) is 76.2 cm³/mol. The van der Waals surface area contributed by atoms with Crippen molar-refractivity contribution in [3.63, 3.8) is 0 Å². The number of ketones is 1. The summed E-state index contributed by atoms with van der Waals surface area (Å²) in [5.41, 5.74) is 1.66. The van der Waals surface area contributed by atoms with Crippen molar-refractivity contribution in [1.82, 2.24) is 0 Å². The van der Waals surface area contributed by atoms with Crippen molar-refractivity contribution in [2.24, 2.45) is 0 Å². The number of hydrogen-bond acceptors (Lipinski definition) is 4. The van der Waals surface area contributed by atoms with E-state index in [9.17, 15) is 14.0 Å². The number of carboxylic acid groups (broad SMARTS) is 1. The molecule has 2 aromatic rings. The van der Waals surface area contributed by atoms with Gasteiger partial charge in [0.05, 0.1) is 0 Å². The number of thiophene rings is 1. The smallest absolute Gasteiger partial charge is 0.371 e. The summed E-state index contributed by atoms with van der Waals surface area (Å²) in [6.45, 7) is 0. The van der Waals surface area contributed by atoms with Gasteiger partial charge >= 0.3 is 5.97 Å². The van der Waals surface area contributed by atoms with E-state index < -0.39 is 17.5 Å². The number of hydrogen-bond donors (Lipinski definition) is 2. The first-order chi connectivity index (χ1) is 9.97. The Balaban J connectivity index is 2.25. The molecule has 0 radical (unpaired) electrons. The Morgan fingerprint density at radius 2 is 2.00 bits per heavy atom. The molecule has 0 spiro atoms. The van der Waals surface area contributed by atoms with E-state index >= 15 is 0 Å². The average Bonchev–Trinajstić information content (AvgIpc) is 2.86. The molecule has 0 amide bonds. The van der Waals surface area contributed by atoms with Gasteiger partial charge in [0.2, 0.25) is 5.76 Å². The minimum atomic E-state index is -1.56. The first kappa shape index (κ1) is 14.9. The van der Waals surface area contributed by atoms with Gasteiger partial charge in [0.1, 0.15) is 5.82 Å². The van der Waals surface area contributed by atoms with Gasteiger partial charge in [0, 0.05) is 17.0 Å². The quantitative estimate of drug-likeness (QED) is 0.505. The molecule has 0 aliphatic heterocycles. The molecule has 0 atom stereocenters. The Labute approximate surface area is 123 Å². The zero-order valence-corrected chi connectivity index (χ0v) is 11.6. The maximum absolute atomic E-state index is 13.1. The number of carbonyl (C=O) groups is 2. The average molecular weight is 306 g/mol. The minimum absolute atomic E-state index is 0.303. The number of carboxylic acids is 1. The molecule has 2 rings (SSSR count). The number of benzene rings is 1. The van der Waals surface area contributed by atoms with Crippen molar-refractivity contribution in [3.05, 3.63) is 69.4 Å². The number of aliphatic carboxylic acids is 1. The second kappa shape index (κ2) is 6.32. The molecule has 0 aliphatic carbocycles. The number of aliphatic hydroxyl groups excluding tert-OH is 1. The molecule has 0 aliphatic rings. The van der Waals surface area contributed by atoms with E-state index in [2.05, 4.69) is 0 Å². The summed E-state index contributed by atoms with van der Waals surface area (Å²) in [6, 6.07) is 6.02. The Bertz CT molecular complexity index is 718. The Morgan fingerprint density at radius 3 is 2.67 bits per heavy atom. The standard InChI is InChI=1S/C15H11FO4S/c16-11-3-1-2-9(5-11)4-10-7-21-8-12(10)13(17)6-14(18)15(19)20/h1-3,5-8,18H,4H2,(H,19,20)/b14-6-. The third-order valence-corrected chi connectivity index (χ3v) is 3.57. The molecule has 0 fully saturated rings. The largest absolute Gasteiger partial charge is 0.502 e. The van der Waals surface area contributed by atoms with Gasteiger partial charge in [0.15, 0.2) is 5.78 Å². The first-order valence-electron chi connectivity index (χ1n) is 5.95. The summed E-state index contributed by atoms with van der Waals surface area (Å²) >= 11 is 1.28. The van der Waals surface area contributed by atoms with Crippen LogP contribution >= 0.6 is 11.3 Å². The molecule has 21 heavy (non-hydrogen) atoms. The molecule has 2 N–H and O–H groups in total. The Hall–Kier alpha value is -2.47. The van der Waals surface area contributed by atoms with Gasteiger partial charge in [-0.2, -0.15) is 11.3 Å². The minimum Gasteiger partial charge on any atom is -0.502 e. The van der Waals surface area contributed by atoms with E-state index in [4.69, 9.17) is 10.2 Å². The van der Waals surface area contributed by atoms with Crippen LogP contribution in [0.25, 0.3) is 0 Å². The lowest BCUT2D eigenvalue weighted by Crippen LogP contribution is -2.05. The van der Waals surface area contributed by atoms with E-state index in [1.165, 1.54) is 23.5 Å². The zero-order chi connectivity index (χ0) is 15.4. The van der Waals surface area contributed by atoms with Gasteiger partial charge in [-0.25, -0.2) is 9.18 Å². The van der Waals surface area contributed by atoms with Crippen molar-refractivity contribution < 1.29 is 24.2 Å². The van der Waals surface area contributed by atoms with Crippen molar-refractivity contribution in [3.8, 4) is 0 Å². The lowest BCUT2D eigenvalue weighted by molar-refractivity contribution is -0.135. The van der Waals surface area contributed by atoms with Crippen LogP contribution in [0.4, 0.5) is 4.39 Å². The van der Waals surface area contributed by atoms with Crippen LogP contribution in [0, 0.1) is 5.82 Å². The second-order valence-corrected chi connectivity index (χ2v) is 5.06. The molecule has 108 valence electrons. The summed E-state index contributed by atoms with van der Waals surface area (Å²) in [6.07, 6.45) is 1.02. The van der Waals surface area contributed by atoms with E-state index in [0.29, 0.717) is 29.2 Å². The van der Waals surface area contributed by atoms with Crippen LogP contribution in [0.15, 0.2) is 46.9 Å². The first-order valence-corrected chi connectivity index (χ1v) is 6.89. The fourth-order valence-electron chi connectivity index (χ4n) is 1.81. The molecule has 0 saturated carbocycles. The fourth-order valence-corrected chi connectivity index (χ4v) is 2.65.